The molecule has 0 spiro atoms. The molecule has 1 atom stereocenters. The number of anilines is 1. The molecule has 1 amide bonds. The summed E-state index contributed by atoms with van der Waals surface area (Å²) in [5.41, 5.74) is 2.87. The molecular weight excluding hydrogens is 480 g/mol. The fraction of sp³-hybridized carbons (Fsp3) is 0.423. The van der Waals surface area contributed by atoms with Crippen molar-refractivity contribution in [2.45, 2.75) is 30.4 Å². The zero-order valence-electron chi connectivity index (χ0n) is 20.4. The Kier molecular flexibility index (Phi) is 6.81. The first kappa shape index (κ1) is 24.5. The first-order chi connectivity index (χ1) is 17.3. The summed E-state index contributed by atoms with van der Waals surface area (Å²) in [4.78, 5) is 23.5. The number of likely N-dealkylation sites (tertiary alicyclic amines) is 1. The van der Waals surface area contributed by atoms with Crippen LogP contribution in [0.15, 0.2) is 47.8 Å². The van der Waals surface area contributed by atoms with Gasteiger partial charge in [0.1, 0.15) is 11.9 Å². The van der Waals surface area contributed by atoms with Crippen molar-refractivity contribution < 1.29 is 22.7 Å². The number of carbonyl (C=O) groups excluding carboxylic acids is 1. The Morgan fingerprint density at radius 1 is 1.14 bits per heavy atom. The lowest BCUT2D eigenvalue weighted by molar-refractivity contribution is -0.137. The van der Waals surface area contributed by atoms with Gasteiger partial charge in [-0.1, -0.05) is 0 Å². The molecule has 2 fully saturated rings. The number of pyridine rings is 2. The number of amides is 1. The van der Waals surface area contributed by atoms with Gasteiger partial charge in [0.2, 0.25) is 5.91 Å². The number of hydrogen-bond acceptors (Lipinski definition) is 8. The minimum Gasteiger partial charge on any atom is -0.488 e. The highest BCUT2D eigenvalue weighted by Crippen LogP contribution is 2.33. The minimum atomic E-state index is -3.47. The Labute approximate surface area is 210 Å². The van der Waals surface area contributed by atoms with Gasteiger partial charge in [-0.3, -0.25) is 9.78 Å². The highest BCUT2D eigenvalue weighted by Gasteiger charge is 2.32. The van der Waals surface area contributed by atoms with Gasteiger partial charge in [-0.25, -0.2) is 13.4 Å². The van der Waals surface area contributed by atoms with E-state index >= 15 is 0 Å². The summed E-state index contributed by atoms with van der Waals surface area (Å²) in [7, 11) is -1.79. The number of sulfone groups is 1. The average Bonchev–Trinajstić information content (AvgIpc) is 3.36. The van der Waals surface area contributed by atoms with E-state index in [2.05, 4.69) is 15.3 Å². The van der Waals surface area contributed by atoms with Crippen molar-refractivity contribution >= 4 is 32.3 Å². The van der Waals surface area contributed by atoms with Gasteiger partial charge in [-0.15, -0.1) is 0 Å². The number of carbonyl (C=O) groups is 1. The molecule has 1 N–H and O–H groups in total. The molecular formula is C26H30N4O5S. The van der Waals surface area contributed by atoms with E-state index < -0.39 is 9.84 Å². The van der Waals surface area contributed by atoms with Crippen LogP contribution in [0.2, 0.25) is 0 Å². The maximum Gasteiger partial charge on any atom is 0.225 e. The molecule has 36 heavy (non-hydrogen) atoms. The number of rotatable bonds is 6. The van der Waals surface area contributed by atoms with E-state index in [1.54, 1.807) is 25.5 Å². The highest BCUT2D eigenvalue weighted by molar-refractivity contribution is 7.90. The van der Waals surface area contributed by atoms with Gasteiger partial charge in [-0.05, 0) is 48.7 Å². The van der Waals surface area contributed by atoms with Gasteiger partial charge in [0, 0.05) is 68.7 Å². The van der Waals surface area contributed by atoms with Gasteiger partial charge < -0.3 is 19.7 Å². The number of aromatic nitrogens is 2. The van der Waals surface area contributed by atoms with E-state index in [0.29, 0.717) is 37.7 Å². The molecule has 5 rings (SSSR count). The molecule has 2 aliphatic rings. The van der Waals surface area contributed by atoms with Crippen molar-refractivity contribution in [2.75, 3.05) is 44.9 Å². The lowest BCUT2D eigenvalue weighted by Crippen LogP contribution is -2.38. The molecule has 4 heterocycles. The van der Waals surface area contributed by atoms with Crippen LogP contribution < -0.4 is 10.1 Å². The van der Waals surface area contributed by atoms with Crippen LogP contribution in [0, 0.1) is 5.92 Å². The predicted octanol–water partition coefficient (Wildman–Crippen LogP) is 3.15. The normalized spacial score (nSPS) is 18.9. The molecule has 10 heteroatoms. The fourth-order valence-electron chi connectivity index (χ4n) is 4.94. The number of ether oxygens (including phenoxy) is 2. The molecule has 0 bridgehead atoms. The zero-order valence-corrected chi connectivity index (χ0v) is 21.3. The van der Waals surface area contributed by atoms with Gasteiger partial charge in [-0.2, -0.15) is 0 Å². The number of fused-ring (bicyclic) bond motifs is 1. The van der Waals surface area contributed by atoms with E-state index in [1.165, 1.54) is 0 Å². The van der Waals surface area contributed by atoms with Crippen molar-refractivity contribution in [1.29, 1.82) is 0 Å². The zero-order chi connectivity index (χ0) is 25.3. The monoisotopic (exact) mass is 510 g/mol. The summed E-state index contributed by atoms with van der Waals surface area (Å²) in [6.45, 7) is 2.59. The maximum absolute atomic E-state index is 12.9. The van der Waals surface area contributed by atoms with Crippen molar-refractivity contribution in [3.05, 3.63) is 42.7 Å². The minimum absolute atomic E-state index is 0.0113. The van der Waals surface area contributed by atoms with E-state index in [-0.39, 0.29) is 23.0 Å². The second kappa shape index (κ2) is 10.0. The fourth-order valence-corrected chi connectivity index (χ4v) is 5.75. The Morgan fingerprint density at radius 3 is 2.69 bits per heavy atom. The van der Waals surface area contributed by atoms with Gasteiger partial charge in [0.05, 0.1) is 17.7 Å². The predicted molar refractivity (Wildman–Crippen MR) is 137 cm³/mol. The van der Waals surface area contributed by atoms with Crippen LogP contribution in [0.5, 0.6) is 5.75 Å². The standard InChI is InChI=1S/C26H30N4O5S/c1-27-24-13-18(15-29-25(24)36(2,32)33)21-5-9-28-23-4-3-19(14-22(21)23)35-20-6-10-30(16-20)26(31)17-7-11-34-12-8-17/h3-5,9,13-15,17,20,27H,6-8,10-12,16H2,1-2H3/t20-/m0/s1. The number of nitrogens with zero attached hydrogens (tertiary/aromatic N) is 3. The average molecular weight is 511 g/mol. The van der Waals surface area contributed by atoms with Crippen molar-refractivity contribution in [3.8, 4) is 16.9 Å². The van der Waals surface area contributed by atoms with Gasteiger partial charge in [0.25, 0.3) is 0 Å². The van der Waals surface area contributed by atoms with Crippen LogP contribution >= 0.6 is 0 Å². The van der Waals surface area contributed by atoms with Crippen LogP contribution in [0.3, 0.4) is 0 Å². The molecule has 2 saturated heterocycles. The van der Waals surface area contributed by atoms with Crippen LogP contribution in [0.1, 0.15) is 19.3 Å². The van der Waals surface area contributed by atoms with E-state index in [0.717, 1.165) is 47.5 Å². The second-order valence-corrected chi connectivity index (χ2v) is 11.3. The number of nitrogens with one attached hydrogen (secondary N) is 1. The number of hydrogen-bond donors (Lipinski definition) is 1. The lowest BCUT2D eigenvalue weighted by atomic mass is 9.99. The second-order valence-electron chi connectivity index (χ2n) is 9.34. The molecule has 0 unspecified atom stereocenters. The molecule has 2 aliphatic heterocycles. The largest absolute Gasteiger partial charge is 0.488 e. The number of benzene rings is 1. The van der Waals surface area contributed by atoms with Crippen LogP contribution in [0.4, 0.5) is 5.69 Å². The highest BCUT2D eigenvalue weighted by atomic mass is 32.2. The first-order valence-electron chi connectivity index (χ1n) is 12.1. The van der Waals surface area contributed by atoms with Crippen LogP contribution in [0.25, 0.3) is 22.0 Å². The third kappa shape index (κ3) is 5.01. The lowest BCUT2D eigenvalue weighted by Gasteiger charge is -2.26. The summed E-state index contributed by atoms with van der Waals surface area (Å²) < 4.78 is 35.8. The Hall–Kier alpha value is -3.24. The quantitative estimate of drug-likeness (QED) is 0.539. The molecule has 2 aromatic heterocycles. The summed E-state index contributed by atoms with van der Waals surface area (Å²) in [6.07, 6.45) is 6.72. The molecule has 0 saturated carbocycles. The topological polar surface area (TPSA) is 111 Å². The molecule has 190 valence electrons. The van der Waals surface area contributed by atoms with Crippen LogP contribution in [-0.4, -0.2) is 74.9 Å². The third-order valence-electron chi connectivity index (χ3n) is 6.83. The Balaban J connectivity index is 1.38. The Bertz CT molecular complexity index is 1390. The van der Waals surface area contributed by atoms with E-state index in [9.17, 15) is 13.2 Å². The maximum atomic E-state index is 12.9. The molecule has 0 radical (unpaired) electrons. The van der Waals surface area contributed by atoms with Gasteiger partial charge in [0.15, 0.2) is 14.9 Å². The van der Waals surface area contributed by atoms with Crippen molar-refractivity contribution in [1.82, 2.24) is 14.9 Å². The molecule has 0 aliphatic carbocycles. The van der Waals surface area contributed by atoms with Crippen LogP contribution in [-0.2, 0) is 19.4 Å². The Morgan fingerprint density at radius 2 is 1.94 bits per heavy atom. The summed E-state index contributed by atoms with van der Waals surface area (Å²) in [6, 6.07) is 9.41. The first-order valence-corrected chi connectivity index (χ1v) is 14.0. The van der Waals surface area contributed by atoms with E-state index in [1.807, 2.05) is 29.2 Å². The van der Waals surface area contributed by atoms with Crippen molar-refractivity contribution in [3.63, 3.8) is 0 Å². The van der Waals surface area contributed by atoms with Gasteiger partial charge >= 0.3 is 0 Å². The third-order valence-corrected chi connectivity index (χ3v) is 7.85. The van der Waals surface area contributed by atoms with E-state index in [4.69, 9.17) is 9.47 Å². The SMILES string of the molecule is CNc1cc(-c2ccnc3ccc(O[C@H]4CCN(C(=O)C5CCOCC5)C4)cc23)cnc1S(C)(=O)=O. The molecule has 3 aromatic rings. The smallest absolute Gasteiger partial charge is 0.225 e. The molecule has 9 nitrogen and oxygen atoms in total. The summed E-state index contributed by atoms with van der Waals surface area (Å²) >= 11 is 0. The summed E-state index contributed by atoms with van der Waals surface area (Å²) in [5, 5.41) is 3.82. The van der Waals surface area contributed by atoms with Crippen molar-refractivity contribution in [2.24, 2.45) is 5.92 Å². The summed E-state index contributed by atoms with van der Waals surface area (Å²) in [5.74, 6) is 0.966. The molecule has 1 aromatic carbocycles.